The molecule has 126 valence electrons. The van der Waals surface area contributed by atoms with Crippen molar-refractivity contribution in [2.75, 3.05) is 26.7 Å². The summed E-state index contributed by atoms with van der Waals surface area (Å²) in [6.45, 7) is 3.80. The fraction of sp³-hybridized carbons (Fsp3) is 0.438. The van der Waals surface area contributed by atoms with Crippen LogP contribution in [0.4, 0.5) is 0 Å². The van der Waals surface area contributed by atoms with Gasteiger partial charge in [0.1, 0.15) is 11.6 Å². The van der Waals surface area contributed by atoms with Crippen molar-refractivity contribution < 1.29 is 4.74 Å². The third kappa shape index (κ3) is 4.07. The molecule has 1 aromatic carbocycles. The van der Waals surface area contributed by atoms with E-state index in [2.05, 4.69) is 48.8 Å². The van der Waals surface area contributed by atoms with Gasteiger partial charge in [-0.15, -0.1) is 12.4 Å². The zero-order chi connectivity index (χ0) is 15.5. The molecule has 1 unspecified atom stereocenters. The van der Waals surface area contributed by atoms with E-state index >= 15 is 0 Å². The smallest absolute Gasteiger partial charge is 0.127 e. The second kappa shape index (κ2) is 8.15. The maximum absolute atomic E-state index is 5.35. The lowest BCUT2D eigenvalue weighted by molar-refractivity contribution is 0.144. The van der Waals surface area contributed by atoms with Crippen molar-refractivity contribution in [1.29, 1.82) is 0 Å². The van der Waals surface area contributed by atoms with Crippen molar-refractivity contribution in [1.82, 2.24) is 19.8 Å². The Bertz CT molecular complexity index is 649. The van der Waals surface area contributed by atoms with Crippen molar-refractivity contribution >= 4 is 28.3 Å². The minimum Gasteiger partial charge on any atom is -0.497 e. The third-order valence-electron chi connectivity index (χ3n) is 4.14. The Labute approximate surface area is 151 Å². The molecule has 1 aliphatic heterocycles. The van der Waals surface area contributed by atoms with Gasteiger partial charge in [0.2, 0.25) is 0 Å². The van der Waals surface area contributed by atoms with Crippen LogP contribution in [0.1, 0.15) is 17.4 Å². The highest BCUT2D eigenvalue weighted by Gasteiger charge is 2.27. The molecule has 23 heavy (non-hydrogen) atoms. The van der Waals surface area contributed by atoms with Crippen LogP contribution in [0, 0.1) is 0 Å². The highest BCUT2D eigenvalue weighted by atomic mass is 79.9. The molecule has 1 fully saturated rings. The lowest BCUT2D eigenvalue weighted by Gasteiger charge is -2.36. The Kier molecular flexibility index (Phi) is 6.47. The summed E-state index contributed by atoms with van der Waals surface area (Å²) in [6.07, 6.45) is 3.87. The van der Waals surface area contributed by atoms with Gasteiger partial charge in [0.05, 0.1) is 13.2 Å². The highest BCUT2D eigenvalue weighted by molar-refractivity contribution is 9.10. The van der Waals surface area contributed by atoms with Crippen molar-refractivity contribution in [3.8, 4) is 5.75 Å². The van der Waals surface area contributed by atoms with E-state index in [0.717, 1.165) is 42.2 Å². The molecule has 3 rings (SSSR count). The zero-order valence-electron chi connectivity index (χ0n) is 13.3. The Morgan fingerprint density at radius 3 is 2.96 bits per heavy atom. The van der Waals surface area contributed by atoms with Gasteiger partial charge < -0.3 is 14.6 Å². The van der Waals surface area contributed by atoms with Gasteiger partial charge in [0.15, 0.2) is 0 Å². The Morgan fingerprint density at radius 1 is 1.43 bits per heavy atom. The normalized spacial score (nSPS) is 18.5. The number of rotatable bonds is 4. The van der Waals surface area contributed by atoms with E-state index in [1.807, 2.05) is 24.5 Å². The average molecular weight is 402 g/mol. The lowest BCUT2D eigenvalue weighted by atomic mass is 10.1. The molecular weight excluding hydrogens is 380 g/mol. The first-order chi connectivity index (χ1) is 10.7. The molecule has 1 aromatic heterocycles. The summed E-state index contributed by atoms with van der Waals surface area (Å²) in [7, 11) is 3.76. The summed E-state index contributed by atoms with van der Waals surface area (Å²) in [5, 5.41) is 3.47. The van der Waals surface area contributed by atoms with Gasteiger partial charge in [-0.2, -0.15) is 0 Å². The summed E-state index contributed by atoms with van der Waals surface area (Å²) in [5.74, 6) is 1.99. The molecule has 1 atom stereocenters. The van der Waals surface area contributed by atoms with Crippen LogP contribution in [0.3, 0.4) is 0 Å². The molecule has 1 N–H and O–H groups in total. The molecule has 7 heteroatoms. The molecule has 2 heterocycles. The SMILES string of the molecule is COc1ccc(Br)c(CN2CCNCC2c2nccn2C)c1.Cl. The molecule has 1 saturated heterocycles. The van der Waals surface area contributed by atoms with Crippen molar-refractivity contribution in [2.45, 2.75) is 12.6 Å². The standard InChI is InChI=1S/C16H21BrN4O.ClH/c1-20-7-6-19-16(20)15-10-18-5-8-21(15)11-12-9-13(22-2)3-4-14(12)17;/h3-4,6-7,9,15,18H,5,8,10-11H2,1-2H3;1H. The molecule has 0 saturated carbocycles. The number of nitrogens with one attached hydrogen (secondary N) is 1. The summed E-state index contributed by atoms with van der Waals surface area (Å²) in [5.41, 5.74) is 1.24. The predicted octanol–water partition coefficient (Wildman–Crippen LogP) is 2.76. The molecule has 5 nitrogen and oxygen atoms in total. The largest absolute Gasteiger partial charge is 0.497 e. The van der Waals surface area contributed by atoms with Crippen molar-refractivity contribution in [3.63, 3.8) is 0 Å². The number of hydrogen-bond acceptors (Lipinski definition) is 4. The van der Waals surface area contributed by atoms with Gasteiger partial charge in [-0.3, -0.25) is 4.90 Å². The molecule has 0 amide bonds. The monoisotopic (exact) mass is 400 g/mol. The second-order valence-corrected chi connectivity index (χ2v) is 6.40. The van der Waals surface area contributed by atoms with Gasteiger partial charge >= 0.3 is 0 Å². The van der Waals surface area contributed by atoms with Gasteiger partial charge in [-0.1, -0.05) is 15.9 Å². The van der Waals surface area contributed by atoms with Crippen LogP contribution >= 0.6 is 28.3 Å². The summed E-state index contributed by atoms with van der Waals surface area (Å²) >= 11 is 3.65. The Morgan fingerprint density at radius 2 is 2.26 bits per heavy atom. The minimum absolute atomic E-state index is 0. The Balaban J connectivity index is 0.00000192. The van der Waals surface area contributed by atoms with Crippen molar-refractivity contribution in [2.24, 2.45) is 7.05 Å². The van der Waals surface area contributed by atoms with Crippen LogP contribution < -0.4 is 10.1 Å². The lowest BCUT2D eigenvalue weighted by Crippen LogP contribution is -2.46. The Hall–Kier alpha value is -1.08. The van der Waals surface area contributed by atoms with Gasteiger partial charge in [0, 0.05) is 50.1 Å². The topological polar surface area (TPSA) is 42.3 Å². The van der Waals surface area contributed by atoms with E-state index in [1.165, 1.54) is 5.56 Å². The quantitative estimate of drug-likeness (QED) is 0.855. The van der Waals surface area contributed by atoms with E-state index in [4.69, 9.17) is 4.74 Å². The predicted molar refractivity (Wildman–Crippen MR) is 97.2 cm³/mol. The number of aromatic nitrogens is 2. The number of nitrogens with zero attached hydrogens (tertiary/aromatic N) is 3. The summed E-state index contributed by atoms with van der Waals surface area (Å²) < 4.78 is 8.57. The maximum atomic E-state index is 5.35. The number of halogens is 2. The number of ether oxygens (including phenoxy) is 1. The van der Waals surface area contributed by atoms with Crippen LogP contribution in [-0.4, -0.2) is 41.2 Å². The van der Waals surface area contributed by atoms with Gasteiger partial charge in [0.25, 0.3) is 0 Å². The highest BCUT2D eigenvalue weighted by Crippen LogP contribution is 2.28. The first-order valence-corrected chi connectivity index (χ1v) is 8.22. The molecule has 0 spiro atoms. The van der Waals surface area contributed by atoms with Crippen LogP contribution in [0.5, 0.6) is 5.75 Å². The fourth-order valence-corrected chi connectivity index (χ4v) is 3.28. The summed E-state index contributed by atoms with van der Waals surface area (Å²) in [4.78, 5) is 7.00. The van der Waals surface area contributed by atoms with E-state index < -0.39 is 0 Å². The van der Waals surface area contributed by atoms with E-state index in [-0.39, 0.29) is 18.4 Å². The first kappa shape index (κ1) is 18.3. The fourth-order valence-electron chi connectivity index (χ4n) is 2.91. The minimum atomic E-state index is 0. The number of hydrogen-bond donors (Lipinski definition) is 1. The average Bonchev–Trinajstić information content (AvgIpc) is 2.96. The number of methoxy groups -OCH3 is 1. The second-order valence-electron chi connectivity index (χ2n) is 5.54. The number of aryl methyl sites for hydroxylation is 1. The van der Waals surface area contributed by atoms with Gasteiger partial charge in [-0.25, -0.2) is 4.98 Å². The van der Waals surface area contributed by atoms with Crippen LogP contribution in [0.15, 0.2) is 35.1 Å². The van der Waals surface area contributed by atoms with Gasteiger partial charge in [-0.05, 0) is 23.8 Å². The van der Waals surface area contributed by atoms with E-state index in [0.29, 0.717) is 0 Å². The van der Waals surface area contributed by atoms with Crippen LogP contribution in [0.25, 0.3) is 0 Å². The summed E-state index contributed by atoms with van der Waals surface area (Å²) in [6, 6.07) is 6.40. The van der Waals surface area contributed by atoms with Crippen LogP contribution in [-0.2, 0) is 13.6 Å². The van der Waals surface area contributed by atoms with Crippen LogP contribution in [0.2, 0.25) is 0 Å². The van der Waals surface area contributed by atoms with Crippen molar-refractivity contribution in [3.05, 3.63) is 46.5 Å². The molecule has 0 radical (unpaired) electrons. The molecular formula is C16H22BrClN4O. The molecule has 0 aliphatic carbocycles. The molecule has 2 aromatic rings. The molecule has 1 aliphatic rings. The zero-order valence-corrected chi connectivity index (χ0v) is 15.7. The number of benzene rings is 1. The number of imidazole rings is 1. The van der Waals surface area contributed by atoms with E-state index in [1.54, 1.807) is 7.11 Å². The molecule has 0 bridgehead atoms. The maximum Gasteiger partial charge on any atom is 0.127 e. The van der Waals surface area contributed by atoms with E-state index in [9.17, 15) is 0 Å². The first-order valence-electron chi connectivity index (χ1n) is 7.43. The third-order valence-corrected chi connectivity index (χ3v) is 4.91. The number of piperazine rings is 1.